The molecule has 1 saturated heterocycles. The number of carbonyl (C=O) groups excluding carboxylic acids is 2. The number of halogens is 1. The molecule has 28 heavy (non-hydrogen) atoms. The molecule has 0 saturated carbocycles. The van der Waals surface area contributed by atoms with Gasteiger partial charge in [0.2, 0.25) is 5.91 Å². The van der Waals surface area contributed by atoms with Crippen LogP contribution in [0.4, 0.5) is 20.7 Å². The Kier molecular flexibility index (Phi) is 5.80. The molecule has 9 nitrogen and oxygen atoms in total. The topological polar surface area (TPSA) is 122 Å². The molecule has 2 heterocycles. The summed E-state index contributed by atoms with van der Waals surface area (Å²) in [5.41, 5.74) is 3.55. The number of benzene rings is 1. The lowest BCUT2D eigenvalue weighted by Gasteiger charge is -2.14. The second-order valence-corrected chi connectivity index (χ2v) is 6.05. The minimum atomic E-state index is -0.583. The first kappa shape index (κ1) is 19.2. The number of nitrogens with one attached hydrogen (secondary N) is 2. The first-order valence-corrected chi connectivity index (χ1v) is 8.45. The zero-order valence-corrected chi connectivity index (χ0v) is 15.1. The number of aromatic nitrogens is 1. The summed E-state index contributed by atoms with van der Waals surface area (Å²) in [6, 6.07) is 7.77. The van der Waals surface area contributed by atoms with E-state index in [1.165, 1.54) is 30.4 Å². The van der Waals surface area contributed by atoms with Gasteiger partial charge in [-0.05, 0) is 30.3 Å². The summed E-state index contributed by atoms with van der Waals surface area (Å²) in [5.74, 6) is 4.80. The van der Waals surface area contributed by atoms with Crippen LogP contribution in [0.5, 0.6) is 0 Å². The summed E-state index contributed by atoms with van der Waals surface area (Å²) < 4.78 is 19.8. The maximum absolute atomic E-state index is 14.7. The molecule has 1 aliphatic heterocycles. The van der Waals surface area contributed by atoms with Gasteiger partial charge in [0.15, 0.2) is 5.82 Å². The number of pyridine rings is 1. The van der Waals surface area contributed by atoms with Crippen molar-refractivity contribution in [2.24, 2.45) is 10.8 Å². The van der Waals surface area contributed by atoms with Gasteiger partial charge in [-0.2, -0.15) is 0 Å². The van der Waals surface area contributed by atoms with Crippen LogP contribution in [0.3, 0.4) is 0 Å². The third kappa shape index (κ3) is 4.41. The van der Waals surface area contributed by atoms with Crippen LogP contribution in [-0.4, -0.2) is 42.5 Å². The lowest BCUT2D eigenvalue weighted by molar-refractivity contribution is -0.119. The Bertz CT molecular complexity index is 903. The van der Waals surface area contributed by atoms with Crippen molar-refractivity contribution in [2.75, 3.05) is 18.0 Å². The van der Waals surface area contributed by atoms with Crippen LogP contribution in [0.15, 0.2) is 41.5 Å². The molecule has 1 aromatic carbocycles. The molecule has 2 amide bonds. The van der Waals surface area contributed by atoms with Gasteiger partial charge in [0.05, 0.1) is 18.8 Å². The summed E-state index contributed by atoms with van der Waals surface area (Å²) in [6.07, 6.45) is 1.71. The maximum atomic E-state index is 14.7. The molecule has 2 aromatic rings. The molecule has 1 aromatic heterocycles. The van der Waals surface area contributed by atoms with Crippen LogP contribution in [0.2, 0.25) is 0 Å². The molecular formula is C18H19FN6O3. The van der Waals surface area contributed by atoms with Crippen molar-refractivity contribution in [1.82, 2.24) is 15.7 Å². The highest BCUT2D eigenvalue weighted by Gasteiger charge is 2.32. The van der Waals surface area contributed by atoms with Gasteiger partial charge in [0.25, 0.3) is 0 Å². The quantitative estimate of drug-likeness (QED) is 0.299. The Hall–Kier alpha value is -3.53. The van der Waals surface area contributed by atoms with E-state index in [4.69, 9.17) is 10.6 Å². The Balaban J connectivity index is 1.74. The van der Waals surface area contributed by atoms with E-state index < -0.39 is 18.0 Å². The first-order chi connectivity index (χ1) is 13.5. The van der Waals surface area contributed by atoms with Crippen molar-refractivity contribution in [1.29, 1.82) is 0 Å². The van der Waals surface area contributed by atoms with E-state index in [0.717, 1.165) is 0 Å². The lowest BCUT2D eigenvalue weighted by atomic mass is 10.1. The fourth-order valence-electron chi connectivity index (χ4n) is 2.73. The number of aliphatic imine (C=N–C) groups is 1. The zero-order valence-electron chi connectivity index (χ0n) is 15.1. The zero-order chi connectivity index (χ0) is 20.1. The number of amides is 2. The number of hydrazine groups is 1. The van der Waals surface area contributed by atoms with Crippen molar-refractivity contribution in [2.45, 2.75) is 13.0 Å². The van der Waals surface area contributed by atoms with E-state index in [1.807, 2.05) is 0 Å². The molecule has 1 unspecified atom stereocenters. The van der Waals surface area contributed by atoms with E-state index in [-0.39, 0.29) is 19.0 Å². The van der Waals surface area contributed by atoms with Crippen LogP contribution in [0, 0.1) is 5.82 Å². The molecule has 10 heteroatoms. The molecule has 0 spiro atoms. The van der Waals surface area contributed by atoms with Gasteiger partial charge >= 0.3 is 6.09 Å². The van der Waals surface area contributed by atoms with Crippen LogP contribution in [-0.2, 0) is 9.53 Å². The molecule has 0 radical (unpaired) electrons. The second-order valence-electron chi connectivity index (χ2n) is 6.05. The van der Waals surface area contributed by atoms with E-state index in [1.54, 1.807) is 24.3 Å². The summed E-state index contributed by atoms with van der Waals surface area (Å²) in [7, 11) is 0. The predicted molar refractivity (Wildman–Crippen MR) is 101 cm³/mol. The number of cyclic esters (lactones) is 1. The van der Waals surface area contributed by atoms with Crippen molar-refractivity contribution < 1.29 is 18.7 Å². The smallest absolute Gasteiger partial charge is 0.414 e. The number of hydrogen-bond acceptors (Lipinski definition) is 6. The maximum Gasteiger partial charge on any atom is 0.414 e. The molecule has 1 atom stereocenters. The highest BCUT2D eigenvalue weighted by Crippen LogP contribution is 2.29. The molecule has 0 aliphatic carbocycles. The van der Waals surface area contributed by atoms with Crippen LogP contribution in [0.1, 0.15) is 6.92 Å². The van der Waals surface area contributed by atoms with Gasteiger partial charge in [0.1, 0.15) is 18.3 Å². The molecule has 3 rings (SSSR count). The summed E-state index contributed by atoms with van der Waals surface area (Å²) >= 11 is 0. The number of ether oxygens (including phenoxy) is 1. The third-order valence-electron chi connectivity index (χ3n) is 4.05. The SMILES string of the molecule is CC(=O)NCC1CN(c2ccc(-c3ccc(N=CNN)nc3)c(F)c2)C(=O)O1. The monoisotopic (exact) mass is 386 g/mol. The molecule has 1 fully saturated rings. The number of carbonyl (C=O) groups is 2. The van der Waals surface area contributed by atoms with Gasteiger partial charge in [-0.15, -0.1) is 0 Å². The van der Waals surface area contributed by atoms with Gasteiger partial charge < -0.3 is 15.5 Å². The number of nitrogens with zero attached hydrogens (tertiary/aromatic N) is 3. The standard InChI is InChI=1S/C18H19FN6O3/c1-11(26)21-8-14-9-25(18(27)28-14)13-3-4-15(16(19)6-13)12-2-5-17(22-7-12)23-10-24-20/h2-7,10,14H,8-9,20H2,1H3,(H,21,26)(H,22,23,24). The minimum Gasteiger partial charge on any atom is -0.442 e. The Morgan fingerprint density at radius 2 is 2.29 bits per heavy atom. The second kappa shape index (κ2) is 8.44. The highest BCUT2D eigenvalue weighted by atomic mass is 19.1. The number of rotatable bonds is 6. The van der Waals surface area contributed by atoms with E-state index in [2.05, 4.69) is 20.7 Å². The molecule has 0 bridgehead atoms. The minimum absolute atomic E-state index is 0.207. The van der Waals surface area contributed by atoms with Crippen molar-refractivity contribution in [3.63, 3.8) is 0 Å². The van der Waals surface area contributed by atoms with Gasteiger partial charge in [0, 0.05) is 24.2 Å². The lowest BCUT2D eigenvalue weighted by Crippen LogP contribution is -2.33. The van der Waals surface area contributed by atoms with Gasteiger partial charge in [-0.1, -0.05) is 0 Å². The number of nitrogens with two attached hydrogens (primary N) is 1. The Morgan fingerprint density at radius 3 is 2.93 bits per heavy atom. The van der Waals surface area contributed by atoms with Crippen LogP contribution >= 0.6 is 0 Å². The van der Waals surface area contributed by atoms with Crippen LogP contribution in [0.25, 0.3) is 11.1 Å². The van der Waals surface area contributed by atoms with Crippen molar-refractivity contribution in [3.8, 4) is 11.1 Å². The fraction of sp³-hybridized carbons (Fsp3) is 0.222. The average Bonchev–Trinajstić information content (AvgIpc) is 3.06. The first-order valence-electron chi connectivity index (χ1n) is 8.45. The summed E-state index contributed by atoms with van der Waals surface area (Å²) in [4.78, 5) is 32.4. The van der Waals surface area contributed by atoms with Crippen molar-refractivity contribution >= 4 is 29.8 Å². The highest BCUT2D eigenvalue weighted by molar-refractivity contribution is 5.90. The molecular weight excluding hydrogens is 367 g/mol. The van der Waals surface area contributed by atoms with E-state index in [0.29, 0.717) is 22.6 Å². The Morgan fingerprint density at radius 1 is 1.46 bits per heavy atom. The molecule has 4 N–H and O–H groups in total. The molecule has 146 valence electrons. The normalized spacial score (nSPS) is 16.3. The van der Waals surface area contributed by atoms with E-state index in [9.17, 15) is 14.0 Å². The van der Waals surface area contributed by atoms with Crippen molar-refractivity contribution in [3.05, 3.63) is 42.3 Å². The average molecular weight is 386 g/mol. The van der Waals surface area contributed by atoms with Gasteiger partial charge in [-0.25, -0.2) is 25.0 Å². The molecule has 1 aliphatic rings. The Labute approximate surface area is 160 Å². The third-order valence-corrected chi connectivity index (χ3v) is 4.05. The van der Waals surface area contributed by atoms with Gasteiger partial charge in [-0.3, -0.25) is 9.69 Å². The number of hydrogen-bond donors (Lipinski definition) is 3. The summed E-state index contributed by atoms with van der Waals surface area (Å²) in [6.45, 7) is 1.81. The van der Waals surface area contributed by atoms with Crippen LogP contribution < -0.4 is 21.5 Å². The largest absolute Gasteiger partial charge is 0.442 e. The fourth-order valence-corrected chi connectivity index (χ4v) is 2.73. The van der Waals surface area contributed by atoms with E-state index >= 15 is 0 Å². The summed E-state index contributed by atoms with van der Waals surface area (Å²) in [5, 5.41) is 2.59. The number of anilines is 1. The predicted octanol–water partition coefficient (Wildman–Crippen LogP) is 1.47.